The molecule has 2 N–H and O–H groups in total. The predicted molar refractivity (Wildman–Crippen MR) is 113 cm³/mol. The Hall–Kier alpha value is -3.72. The minimum Gasteiger partial charge on any atom is -0.320 e. The zero-order chi connectivity index (χ0) is 21.1. The van der Waals surface area contributed by atoms with Crippen molar-refractivity contribution in [2.75, 3.05) is 16.9 Å². The van der Waals surface area contributed by atoms with Gasteiger partial charge in [0.25, 0.3) is 5.91 Å². The fourth-order valence-electron chi connectivity index (χ4n) is 3.41. The van der Waals surface area contributed by atoms with Crippen LogP contribution < -0.4 is 15.8 Å². The van der Waals surface area contributed by atoms with Gasteiger partial charge in [-0.1, -0.05) is 41.9 Å². The van der Waals surface area contributed by atoms with Gasteiger partial charge < -0.3 is 4.90 Å². The summed E-state index contributed by atoms with van der Waals surface area (Å²) in [6, 6.07) is 14.2. The molecule has 1 amide bonds. The summed E-state index contributed by atoms with van der Waals surface area (Å²) in [5, 5.41) is 12.2. The number of benzene rings is 2. The van der Waals surface area contributed by atoms with Crippen molar-refractivity contribution in [1.29, 1.82) is 0 Å². The largest absolute Gasteiger partial charge is 0.355 e. The van der Waals surface area contributed by atoms with Gasteiger partial charge in [0.1, 0.15) is 6.33 Å². The van der Waals surface area contributed by atoms with Crippen molar-refractivity contribution in [1.82, 2.24) is 15.4 Å². The first-order valence-corrected chi connectivity index (χ1v) is 9.60. The maximum Gasteiger partial charge on any atom is 0.355 e. The minimum atomic E-state index is -0.559. The quantitative estimate of drug-likeness (QED) is 0.472. The summed E-state index contributed by atoms with van der Waals surface area (Å²) in [5.41, 5.74) is 6.83. The summed E-state index contributed by atoms with van der Waals surface area (Å²) in [6.07, 6.45) is 2.96. The van der Waals surface area contributed by atoms with Crippen LogP contribution in [0.25, 0.3) is 0 Å². The van der Waals surface area contributed by atoms with Crippen molar-refractivity contribution in [2.24, 2.45) is 0 Å². The van der Waals surface area contributed by atoms with E-state index in [9.17, 15) is 14.9 Å². The van der Waals surface area contributed by atoms with E-state index in [1.165, 1.54) is 6.33 Å². The SMILES string of the molecule is O=C(NNc1ncnc(N2CCCc3ccccc32)c1[N+](=O)[O-])c1ccccc1Cl. The number of aromatic nitrogens is 2. The third-order valence-corrected chi connectivity index (χ3v) is 5.09. The summed E-state index contributed by atoms with van der Waals surface area (Å²) in [4.78, 5) is 33.7. The molecular formula is C20H17ClN6O3. The molecule has 0 aliphatic carbocycles. The second-order valence-electron chi connectivity index (χ2n) is 6.59. The molecule has 0 saturated heterocycles. The fraction of sp³-hybridized carbons (Fsp3) is 0.150. The molecule has 3 aromatic rings. The Bertz CT molecular complexity index is 1120. The number of nitrogens with zero attached hydrogens (tertiary/aromatic N) is 4. The van der Waals surface area contributed by atoms with E-state index in [0.717, 1.165) is 24.1 Å². The summed E-state index contributed by atoms with van der Waals surface area (Å²) in [6.45, 7) is 0.584. The second-order valence-corrected chi connectivity index (χ2v) is 7.00. The summed E-state index contributed by atoms with van der Waals surface area (Å²) in [5.74, 6) is -0.497. The Balaban J connectivity index is 1.66. The molecule has 30 heavy (non-hydrogen) atoms. The van der Waals surface area contributed by atoms with Gasteiger partial charge in [0.2, 0.25) is 11.6 Å². The van der Waals surface area contributed by atoms with Gasteiger partial charge in [0.05, 0.1) is 15.5 Å². The molecule has 2 aromatic carbocycles. The van der Waals surface area contributed by atoms with Gasteiger partial charge >= 0.3 is 5.69 Å². The highest BCUT2D eigenvalue weighted by Crippen LogP contribution is 2.39. The minimum absolute atomic E-state index is 0.117. The molecule has 9 nitrogen and oxygen atoms in total. The molecule has 4 rings (SSSR count). The molecule has 1 aliphatic rings. The Kier molecular flexibility index (Phi) is 5.44. The molecule has 0 fully saturated rings. The maximum atomic E-state index is 12.4. The first-order chi connectivity index (χ1) is 14.6. The highest BCUT2D eigenvalue weighted by molar-refractivity contribution is 6.33. The number of nitro groups is 1. The lowest BCUT2D eigenvalue weighted by Crippen LogP contribution is -2.31. The van der Waals surface area contributed by atoms with Crippen molar-refractivity contribution in [2.45, 2.75) is 12.8 Å². The number of hydrogen-bond acceptors (Lipinski definition) is 7. The van der Waals surface area contributed by atoms with E-state index in [1.807, 2.05) is 24.3 Å². The van der Waals surface area contributed by atoms with Crippen LogP contribution in [0.5, 0.6) is 0 Å². The number of carbonyl (C=O) groups excluding carboxylic acids is 1. The smallest absolute Gasteiger partial charge is 0.320 e. The van der Waals surface area contributed by atoms with Crippen LogP contribution in [0, 0.1) is 10.1 Å². The van der Waals surface area contributed by atoms with Crippen LogP contribution in [0.15, 0.2) is 54.9 Å². The van der Waals surface area contributed by atoms with Crippen LogP contribution >= 0.6 is 11.6 Å². The van der Waals surface area contributed by atoms with Crippen molar-refractivity contribution < 1.29 is 9.72 Å². The van der Waals surface area contributed by atoms with Gasteiger partial charge in [-0.2, -0.15) is 0 Å². The number of rotatable bonds is 5. The normalized spacial score (nSPS) is 12.8. The van der Waals surface area contributed by atoms with Crippen molar-refractivity contribution in [3.8, 4) is 0 Å². The standard InChI is InChI=1S/C20H17ClN6O3/c21-15-9-3-2-8-14(15)20(28)25-24-18-17(27(29)30)19(23-12-22-18)26-11-5-7-13-6-1-4-10-16(13)26/h1-4,6,8-10,12H,5,7,11H2,(H,25,28)(H,22,23,24). The average molecular weight is 425 g/mol. The molecule has 1 aromatic heterocycles. The molecule has 0 radical (unpaired) electrons. The maximum absolute atomic E-state index is 12.4. The molecule has 0 saturated carbocycles. The Morgan fingerprint density at radius 2 is 1.90 bits per heavy atom. The first kappa shape index (κ1) is 19.6. The number of anilines is 3. The topological polar surface area (TPSA) is 113 Å². The van der Waals surface area contributed by atoms with Crippen molar-refractivity contribution >= 4 is 40.5 Å². The summed E-state index contributed by atoms with van der Waals surface area (Å²) >= 11 is 6.03. The van der Waals surface area contributed by atoms with Gasteiger partial charge in [-0.15, -0.1) is 0 Å². The zero-order valence-corrected chi connectivity index (χ0v) is 16.5. The van der Waals surface area contributed by atoms with Gasteiger partial charge in [-0.05, 0) is 36.6 Å². The number of hydrogen-bond donors (Lipinski definition) is 2. The van der Waals surface area contributed by atoms with Gasteiger partial charge in [0, 0.05) is 12.2 Å². The number of fused-ring (bicyclic) bond motifs is 1. The van der Waals surface area contributed by atoms with Crippen LogP contribution in [0.3, 0.4) is 0 Å². The molecule has 2 heterocycles. The van der Waals surface area contributed by atoms with Crippen LogP contribution in [0.4, 0.5) is 23.0 Å². The van der Waals surface area contributed by atoms with Gasteiger partial charge in [-0.25, -0.2) is 9.97 Å². The van der Waals surface area contributed by atoms with E-state index < -0.39 is 10.8 Å². The Morgan fingerprint density at radius 1 is 1.13 bits per heavy atom. The number of hydrazine groups is 1. The number of para-hydroxylation sites is 1. The van der Waals surface area contributed by atoms with Crippen LogP contribution in [0.1, 0.15) is 22.3 Å². The highest BCUT2D eigenvalue weighted by Gasteiger charge is 2.30. The monoisotopic (exact) mass is 424 g/mol. The molecule has 0 spiro atoms. The lowest BCUT2D eigenvalue weighted by Gasteiger charge is -2.30. The van der Waals surface area contributed by atoms with E-state index in [2.05, 4.69) is 20.8 Å². The van der Waals surface area contributed by atoms with Crippen LogP contribution in [-0.4, -0.2) is 27.3 Å². The molecule has 0 unspecified atom stereocenters. The van der Waals surface area contributed by atoms with Gasteiger partial charge in [0.15, 0.2) is 0 Å². The molecule has 10 heteroatoms. The number of amides is 1. The summed E-state index contributed by atoms with van der Waals surface area (Å²) in [7, 11) is 0. The molecular weight excluding hydrogens is 408 g/mol. The fourth-order valence-corrected chi connectivity index (χ4v) is 3.63. The molecule has 0 bridgehead atoms. The number of aryl methyl sites for hydroxylation is 1. The molecule has 0 atom stereocenters. The number of halogens is 1. The van der Waals surface area contributed by atoms with E-state index in [0.29, 0.717) is 6.54 Å². The number of nitrogens with one attached hydrogen (secondary N) is 2. The average Bonchev–Trinajstić information content (AvgIpc) is 2.77. The lowest BCUT2D eigenvalue weighted by atomic mass is 10.0. The van der Waals surface area contributed by atoms with E-state index in [1.54, 1.807) is 29.2 Å². The zero-order valence-electron chi connectivity index (χ0n) is 15.7. The Morgan fingerprint density at radius 3 is 2.70 bits per heavy atom. The molecule has 1 aliphatic heterocycles. The van der Waals surface area contributed by atoms with Crippen LogP contribution in [-0.2, 0) is 6.42 Å². The van der Waals surface area contributed by atoms with E-state index >= 15 is 0 Å². The van der Waals surface area contributed by atoms with E-state index in [4.69, 9.17) is 11.6 Å². The lowest BCUT2D eigenvalue weighted by molar-refractivity contribution is -0.383. The van der Waals surface area contributed by atoms with E-state index in [-0.39, 0.29) is 27.9 Å². The highest BCUT2D eigenvalue weighted by atomic mass is 35.5. The number of carbonyl (C=O) groups is 1. The Labute approximate surface area is 176 Å². The van der Waals surface area contributed by atoms with Gasteiger partial charge in [-0.3, -0.25) is 25.8 Å². The first-order valence-electron chi connectivity index (χ1n) is 9.22. The summed E-state index contributed by atoms with van der Waals surface area (Å²) < 4.78 is 0. The van der Waals surface area contributed by atoms with Crippen molar-refractivity contribution in [3.05, 3.63) is 81.1 Å². The molecule has 152 valence electrons. The van der Waals surface area contributed by atoms with Crippen LogP contribution in [0.2, 0.25) is 5.02 Å². The van der Waals surface area contributed by atoms with Crippen molar-refractivity contribution in [3.63, 3.8) is 0 Å². The second kappa shape index (κ2) is 8.34. The third-order valence-electron chi connectivity index (χ3n) is 4.76. The predicted octanol–water partition coefficient (Wildman–Crippen LogP) is 3.88. The third kappa shape index (κ3) is 3.74.